The van der Waals surface area contributed by atoms with E-state index in [4.69, 9.17) is 61.6 Å². The third-order valence-corrected chi connectivity index (χ3v) is 14.8. The van der Waals surface area contributed by atoms with Gasteiger partial charge in [-0.3, -0.25) is 0 Å². The molecule has 3 aliphatic rings. The van der Waals surface area contributed by atoms with Crippen molar-refractivity contribution in [3.8, 4) is 11.5 Å². The van der Waals surface area contributed by atoms with Crippen LogP contribution in [0.3, 0.4) is 0 Å². The molecule has 3 heterocycles. The van der Waals surface area contributed by atoms with Crippen LogP contribution in [0.5, 0.6) is 11.5 Å². The molecule has 4 atom stereocenters. The number of rotatable bonds is 12. The average molecular weight is 1140 g/mol. The Bertz CT molecular complexity index is 2840. The molecule has 0 fully saturated rings. The van der Waals surface area contributed by atoms with Gasteiger partial charge in [-0.2, -0.15) is 0 Å². The minimum atomic E-state index is -1.61. The zero-order valence-electron chi connectivity index (χ0n) is 47.5. The average Bonchev–Trinajstić information content (AvgIpc) is 1.61. The lowest BCUT2D eigenvalue weighted by Crippen LogP contribution is -2.31. The molecule has 0 N–H and O–H groups in total. The fourth-order valence-corrected chi connectivity index (χ4v) is 10.6. The van der Waals surface area contributed by atoms with Crippen molar-refractivity contribution in [1.82, 2.24) is 0 Å². The standard InChI is InChI=1S/C70H74O14/c1-3-29-78-67-55-39-59(40-56(67)44-81-64(52-21-11-6-12-22-52)48-75-36-32-72-31-35-74-47-63(80-43-55)51-19-9-5-10-20-51)70(62-28-18-17-27-61(62)69(71)84-70)60-41-57-45-82-65(53-23-13-7-14-24-53)49-76-37-33-73-34-38-77-50-66(54-25-15-8-16-26-54)83-46-58(42-60)68(57)79-30-4-2/h3-28,39-42,63-66H,1-2,29-38,43-50H2/t63-,64-,65-,66-/m1/s1. The molecule has 0 saturated carbocycles. The monoisotopic (exact) mass is 1140 g/mol. The van der Waals surface area contributed by atoms with E-state index in [0.29, 0.717) is 109 Å². The molecule has 0 radical (unpaired) electrons. The number of benzene rings is 7. The molecule has 0 aliphatic carbocycles. The van der Waals surface area contributed by atoms with Crippen LogP contribution in [0.25, 0.3) is 0 Å². The fourth-order valence-electron chi connectivity index (χ4n) is 10.6. The quantitative estimate of drug-likeness (QED) is 0.0847. The lowest BCUT2D eigenvalue weighted by molar-refractivity contribution is -0.0561. The predicted octanol–water partition coefficient (Wildman–Crippen LogP) is 12.4. The number of carbonyl (C=O) groups is 1. The Morgan fingerprint density at radius 2 is 0.702 bits per heavy atom. The van der Waals surface area contributed by atoms with Crippen LogP contribution in [0.1, 0.15) is 96.0 Å². The Morgan fingerprint density at radius 1 is 0.405 bits per heavy atom. The van der Waals surface area contributed by atoms with Crippen LogP contribution in [-0.2, 0) is 84.1 Å². The third-order valence-electron chi connectivity index (χ3n) is 14.8. The number of esters is 1. The molecule has 0 spiro atoms. The first-order chi connectivity index (χ1) is 41.5. The maximum Gasteiger partial charge on any atom is 0.340 e. The number of cyclic esters (lactones) is 1. The van der Waals surface area contributed by atoms with Gasteiger partial charge in [0.05, 0.1) is 111 Å². The zero-order valence-corrected chi connectivity index (χ0v) is 47.5. The Hall–Kier alpha value is -7.31. The highest BCUT2D eigenvalue weighted by Gasteiger charge is 2.50. The molecule has 84 heavy (non-hydrogen) atoms. The second-order valence-electron chi connectivity index (χ2n) is 20.4. The van der Waals surface area contributed by atoms with E-state index in [-0.39, 0.29) is 66.1 Å². The molecular formula is C70H74O14. The topological polar surface area (TPSA) is 137 Å². The molecule has 7 aromatic carbocycles. The van der Waals surface area contributed by atoms with Crippen molar-refractivity contribution in [3.63, 3.8) is 0 Å². The van der Waals surface area contributed by atoms with Gasteiger partial charge in [0.15, 0.2) is 5.60 Å². The Kier molecular flexibility index (Phi) is 22.1. The highest BCUT2D eigenvalue weighted by atomic mass is 16.6. The van der Waals surface area contributed by atoms with Crippen LogP contribution in [0.15, 0.2) is 195 Å². The summed E-state index contributed by atoms with van der Waals surface area (Å²) in [5, 5.41) is 0. The number of ether oxygens (including phenoxy) is 13. The van der Waals surface area contributed by atoms with E-state index in [2.05, 4.69) is 13.2 Å². The number of hydrogen-bond acceptors (Lipinski definition) is 14. The van der Waals surface area contributed by atoms with Crippen LogP contribution < -0.4 is 9.47 Å². The lowest BCUT2D eigenvalue weighted by atomic mass is 9.77. The molecule has 0 unspecified atom stereocenters. The Balaban J connectivity index is 1.18. The number of hydrogen-bond donors (Lipinski definition) is 0. The smallest absolute Gasteiger partial charge is 0.340 e. The van der Waals surface area contributed by atoms with E-state index in [1.165, 1.54) is 0 Å². The van der Waals surface area contributed by atoms with Crippen molar-refractivity contribution in [2.45, 2.75) is 56.4 Å². The molecule has 7 aromatic rings. The van der Waals surface area contributed by atoms with Crippen molar-refractivity contribution in [2.75, 3.05) is 92.5 Å². The van der Waals surface area contributed by atoms with Gasteiger partial charge >= 0.3 is 5.97 Å². The van der Waals surface area contributed by atoms with Crippen LogP contribution in [0.2, 0.25) is 0 Å². The van der Waals surface area contributed by atoms with Crippen LogP contribution in [0.4, 0.5) is 0 Å². The van der Waals surface area contributed by atoms with E-state index in [1.54, 1.807) is 18.2 Å². The summed E-state index contributed by atoms with van der Waals surface area (Å²) in [4.78, 5) is 14.9. The summed E-state index contributed by atoms with van der Waals surface area (Å²) >= 11 is 0. The molecule has 4 bridgehead atoms. The number of fused-ring (bicyclic) bond motifs is 5. The summed E-state index contributed by atoms with van der Waals surface area (Å²) in [5.41, 5.74) is 7.01. The first kappa shape index (κ1) is 59.8. The molecule has 438 valence electrons. The predicted molar refractivity (Wildman–Crippen MR) is 317 cm³/mol. The largest absolute Gasteiger partial charge is 0.489 e. The van der Waals surface area contributed by atoms with Gasteiger partial charge in [0.1, 0.15) is 49.1 Å². The van der Waals surface area contributed by atoms with Gasteiger partial charge in [-0.25, -0.2) is 4.79 Å². The van der Waals surface area contributed by atoms with Crippen molar-refractivity contribution in [3.05, 3.63) is 262 Å². The summed E-state index contributed by atoms with van der Waals surface area (Å²) in [5.74, 6) is 0.566. The van der Waals surface area contributed by atoms with E-state index in [9.17, 15) is 4.79 Å². The van der Waals surface area contributed by atoms with Gasteiger partial charge in [0.2, 0.25) is 0 Å². The van der Waals surface area contributed by atoms with Gasteiger partial charge in [0.25, 0.3) is 0 Å². The molecule has 10 rings (SSSR count). The SMILES string of the molecule is C=CCOc1c2cc(C3(c4cc5c(OCC=C)c(c4)CO[C@@H](c4ccccc4)COCCOCCOC[C@H](c4ccccc4)OC5)OC(=O)c4ccccc43)cc1CO[C@@H](c1ccccc1)COCCOCCOC[C@H](c1ccccc1)OC2. The van der Waals surface area contributed by atoms with Gasteiger partial charge in [-0.1, -0.05) is 165 Å². The second kappa shape index (κ2) is 31.0. The summed E-state index contributed by atoms with van der Waals surface area (Å²) in [6.45, 7) is 12.5. The first-order valence-electron chi connectivity index (χ1n) is 28.8. The van der Waals surface area contributed by atoms with Crippen LogP contribution in [-0.4, -0.2) is 98.5 Å². The molecule has 0 aromatic heterocycles. The second-order valence-corrected chi connectivity index (χ2v) is 20.4. The third kappa shape index (κ3) is 15.3. The minimum absolute atomic E-state index is 0.0498. The fraction of sp³-hybridized carbons (Fsp3) is 0.329. The van der Waals surface area contributed by atoms with Gasteiger partial charge in [-0.05, 0) is 52.6 Å². The summed E-state index contributed by atoms with van der Waals surface area (Å²) < 4.78 is 85.3. The normalized spacial score (nSPS) is 20.7. The van der Waals surface area contributed by atoms with Crippen molar-refractivity contribution in [2.24, 2.45) is 0 Å². The van der Waals surface area contributed by atoms with Gasteiger partial charge in [-0.15, -0.1) is 0 Å². The summed E-state index contributed by atoms with van der Waals surface area (Å²) in [6, 6.07) is 55.5. The molecule has 3 aliphatic heterocycles. The van der Waals surface area contributed by atoms with E-state index < -0.39 is 36.0 Å². The van der Waals surface area contributed by atoms with E-state index in [0.717, 1.165) is 22.3 Å². The number of carbonyl (C=O) groups excluding carboxylic acids is 1. The zero-order chi connectivity index (χ0) is 57.6. The Labute approximate surface area is 492 Å². The maximum absolute atomic E-state index is 14.9. The van der Waals surface area contributed by atoms with E-state index in [1.807, 2.05) is 164 Å². The van der Waals surface area contributed by atoms with Crippen molar-refractivity contribution >= 4 is 5.97 Å². The molecule has 0 amide bonds. The van der Waals surface area contributed by atoms with Crippen molar-refractivity contribution in [1.29, 1.82) is 0 Å². The molecule has 14 heteroatoms. The highest BCUT2D eigenvalue weighted by molar-refractivity contribution is 5.96. The van der Waals surface area contributed by atoms with Crippen molar-refractivity contribution < 1.29 is 66.4 Å². The summed E-state index contributed by atoms with van der Waals surface area (Å²) in [7, 11) is 0. The van der Waals surface area contributed by atoms with E-state index >= 15 is 0 Å². The first-order valence-corrected chi connectivity index (χ1v) is 28.8. The molecule has 14 nitrogen and oxygen atoms in total. The molecular weight excluding hydrogens is 1060 g/mol. The minimum Gasteiger partial charge on any atom is -0.489 e. The van der Waals surface area contributed by atoms with Crippen LogP contribution >= 0.6 is 0 Å². The van der Waals surface area contributed by atoms with Gasteiger partial charge < -0.3 is 61.6 Å². The summed E-state index contributed by atoms with van der Waals surface area (Å²) in [6.07, 6.45) is 1.43. The maximum atomic E-state index is 14.9. The highest BCUT2D eigenvalue weighted by Crippen LogP contribution is 2.50. The lowest BCUT2D eigenvalue weighted by Gasteiger charge is -2.33. The Morgan fingerprint density at radius 3 is 1.02 bits per heavy atom. The molecule has 0 saturated heterocycles. The van der Waals surface area contributed by atoms with Crippen LogP contribution in [0, 0.1) is 0 Å². The van der Waals surface area contributed by atoms with Gasteiger partial charge in [0, 0.05) is 38.9 Å².